The van der Waals surface area contributed by atoms with Gasteiger partial charge in [0, 0.05) is 20.5 Å². The van der Waals surface area contributed by atoms with Gasteiger partial charge in [-0.2, -0.15) is 0 Å². The van der Waals surface area contributed by atoms with Gasteiger partial charge in [0.1, 0.15) is 0 Å². The Kier molecular flexibility index (Phi) is 7.91. The molecule has 2 aromatic rings. The zero-order chi connectivity index (χ0) is 16.7. The second-order valence-electron chi connectivity index (χ2n) is 4.68. The van der Waals surface area contributed by atoms with Crippen LogP contribution in [0, 0.1) is 6.92 Å². The van der Waals surface area contributed by atoms with Crippen LogP contribution in [-0.2, 0) is 6.42 Å². The zero-order valence-electron chi connectivity index (χ0n) is 13.9. The van der Waals surface area contributed by atoms with E-state index in [0.29, 0.717) is 0 Å². The highest BCUT2D eigenvalue weighted by Crippen LogP contribution is 2.29. The molecule has 0 amide bonds. The van der Waals surface area contributed by atoms with Crippen molar-refractivity contribution in [3.8, 4) is 0 Å². The molecule has 0 fully saturated rings. The van der Waals surface area contributed by atoms with Gasteiger partial charge in [0.15, 0.2) is 5.78 Å². The van der Waals surface area contributed by atoms with Gasteiger partial charge in [-0.3, -0.25) is 4.79 Å². The number of thioether (sulfide) groups is 1. The van der Waals surface area contributed by atoms with Gasteiger partial charge >= 0.3 is 0 Å². The van der Waals surface area contributed by atoms with Crippen LogP contribution in [0.25, 0.3) is 0 Å². The minimum Gasteiger partial charge on any atom is -0.289 e. The van der Waals surface area contributed by atoms with Crippen LogP contribution in [0.2, 0.25) is 0 Å². The summed E-state index contributed by atoms with van der Waals surface area (Å²) in [6.07, 6.45) is 3.03. The van der Waals surface area contributed by atoms with Gasteiger partial charge in [0.2, 0.25) is 0 Å². The maximum absolute atomic E-state index is 12.6. The smallest absolute Gasteiger partial charge is 0.194 e. The lowest BCUT2D eigenvalue weighted by molar-refractivity contribution is 0.103. The number of hydrogen-bond donors (Lipinski definition) is 0. The molecule has 0 N–H and O–H groups in total. The van der Waals surface area contributed by atoms with E-state index in [-0.39, 0.29) is 5.78 Å². The van der Waals surface area contributed by atoms with Gasteiger partial charge in [-0.15, -0.1) is 11.8 Å². The van der Waals surface area contributed by atoms with E-state index in [0.717, 1.165) is 27.6 Å². The monoisotopic (exact) mass is 378 g/mol. The first-order valence-corrected chi connectivity index (χ1v) is 9.56. The highest BCUT2D eigenvalue weighted by atomic mass is 79.9. The van der Waals surface area contributed by atoms with Crippen LogP contribution in [0.3, 0.4) is 0 Å². The molecule has 0 spiro atoms. The molecule has 22 heavy (non-hydrogen) atoms. The first kappa shape index (κ1) is 19.0. The largest absolute Gasteiger partial charge is 0.289 e. The van der Waals surface area contributed by atoms with Crippen molar-refractivity contribution in [2.75, 3.05) is 6.26 Å². The predicted octanol–water partition coefficient (Wildman–Crippen LogP) is 6.30. The van der Waals surface area contributed by atoms with E-state index in [4.69, 9.17) is 0 Å². The van der Waals surface area contributed by atoms with E-state index in [1.807, 2.05) is 63.4 Å². The molecule has 0 aliphatic carbocycles. The van der Waals surface area contributed by atoms with Crippen molar-refractivity contribution in [2.24, 2.45) is 0 Å². The molecule has 0 aromatic heterocycles. The average Bonchev–Trinajstić information content (AvgIpc) is 2.57. The lowest BCUT2D eigenvalue weighted by atomic mass is 10.00. The minimum absolute atomic E-state index is 0.0651. The normalized spacial score (nSPS) is 9.91. The number of carbonyl (C=O) groups is 1. The molecule has 0 aliphatic heterocycles. The summed E-state index contributed by atoms with van der Waals surface area (Å²) in [6, 6.07) is 11.8. The lowest BCUT2D eigenvalue weighted by Gasteiger charge is -2.09. The molecule has 0 unspecified atom stereocenters. The second-order valence-corrected chi connectivity index (χ2v) is 6.38. The number of hydrogen-bond acceptors (Lipinski definition) is 2. The first-order chi connectivity index (χ1) is 10.6. The van der Waals surface area contributed by atoms with Crippen molar-refractivity contribution in [2.45, 2.75) is 39.0 Å². The van der Waals surface area contributed by atoms with Crippen LogP contribution in [0.1, 0.15) is 47.8 Å². The molecule has 0 atom stereocenters. The summed E-state index contributed by atoms with van der Waals surface area (Å²) >= 11 is 5.20. The Morgan fingerprint density at radius 3 is 2.23 bits per heavy atom. The van der Waals surface area contributed by atoms with Crippen LogP contribution in [0.5, 0.6) is 0 Å². The molecule has 2 rings (SSSR count). The Bertz CT molecular complexity index is 633. The number of ketones is 1. The van der Waals surface area contributed by atoms with Crippen LogP contribution < -0.4 is 0 Å². The predicted molar refractivity (Wildman–Crippen MR) is 101 cm³/mol. The number of halogens is 1. The van der Waals surface area contributed by atoms with Gasteiger partial charge in [-0.05, 0) is 58.8 Å². The Morgan fingerprint density at radius 2 is 1.73 bits per heavy atom. The maximum Gasteiger partial charge on any atom is 0.194 e. The van der Waals surface area contributed by atoms with E-state index in [9.17, 15) is 4.79 Å². The van der Waals surface area contributed by atoms with Crippen LogP contribution in [0.15, 0.2) is 45.8 Å². The summed E-state index contributed by atoms with van der Waals surface area (Å²) in [4.78, 5) is 13.8. The third-order valence-electron chi connectivity index (χ3n) is 3.35. The molecule has 0 saturated heterocycles. The van der Waals surface area contributed by atoms with Gasteiger partial charge in [0.25, 0.3) is 0 Å². The first-order valence-electron chi connectivity index (χ1n) is 7.54. The summed E-state index contributed by atoms with van der Waals surface area (Å²) in [6.45, 7) is 8.15. The fraction of sp³-hybridized carbons (Fsp3) is 0.316. The zero-order valence-corrected chi connectivity index (χ0v) is 16.3. The molecular formula is C19H23BrOS. The van der Waals surface area contributed by atoms with E-state index < -0.39 is 0 Å². The average molecular weight is 379 g/mol. The molecule has 118 valence electrons. The quantitative estimate of drug-likeness (QED) is 0.458. The van der Waals surface area contributed by atoms with Crippen molar-refractivity contribution >= 4 is 33.5 Å². The molecule has 0 radical (unpaired) electrons. The Labute approximate surface area is 146 Å². The van der Waals surface area contributed by atoms with E-state index >= 15 is 0 Å². The Hall–Kier alpha value is -1.06. The Balaban J connectivity index is 0.00000116. The number of rotatable bonds is 4. The summed E-state index contributed by atoms with van der Waals surface area (Å²) in [5, 5.41) is 0. The van der Waals surface area contributed by atoms with E-state index in [1.54, 1.807) is 11.8 Å². The molecule has 0 heterocycles. The fourth-order valence-corrected chi connectivity index (χ4v) is 3.40. The van der Waals surface area contributed by atoms with Crippen LogP contribution in [0.4, 0.5) is 0 Å². The number of aryl methyl sites for hydroxylation is 2. The molecule has 0 aliphatic rings. The summed E-state index contributed by atoms with van der Waals surface area (Å²) in [5.74, 6) is 0.0651. The third kappa shape index (κ3) is 4.47. The molecule has 2 aromatic carbocycles. The highest BCUT2D eigenvalue weighted by Gasteiger charge is 2.14. The third-order valence-corrected chi connectivity index (χ3v) is 4.89. The molecule has 3 heteroatoms. The van der Waals surface area contributed by atoms with Crippen molar-refractivity contribution < 1.29 is 4.79 Å². The maximum atomic E-state index is 12.6. The van der Waals surface area contributed by atoms with Crippen LogP contribution in [-0.4, -0.2) is 12.0 Å². The SMILES string of the molecule is CC.CCc1ccc(C(=O)c2cc(C)c(SC)cc2Br)cc1. The molecular weight excluding hydrogens is 356 g/mol. The van der Waals surface area contributed by atoms with Gasteiger partial charge < -0.3 is 0 Å². The van der Waals surface area contributed by atoms with Gasteiger partial charge in [-0.25, -0.2) is 0 Å². The highest BCUT2D eigenvalue weighted by molar-refractivity contribution is 9.10. The van der Waals surface area contributed by atoms with E-state index in [2.05, 4.69) is 22.9 Å². The summed E-state index contributed by atoms with van der Waals surface area (Å²) in [5.41, 5.74) is 3.84. The van der Waals surface area contributed by atoms with Crippen molar-refractivity contribution in [1.29, 1.82) is 0 Å². The topological polar surface area (TPSA) is 17.1 Å². The van der Waals surface area contributed by atoms with Crippen LogP contribution >= 0.6 is 27.7 Å². The van der Waals surface area contributed by atoms with E-state index in [1.165, 1.54) is 10.5 Å². The number of benzene rings is 2. The van der Waals surface area contributed by atoms with Crippen molar-refractivity contribution in [3.63, 3.8) is 0 Å². The lowest BCUT2D eigenvalue weighted by Crippen LogP contribution is -2.03. The summed E-state index contributed by atoms with van der Waals surface area (Å²) < 4.78 is 0.858. The van der Waals surface area contributed by atoms with Crippen molar-refractivity contribution in [1.82, 2.24) is 0 Å². The fourth-order valence-electron chi connectivity index (χ4n) is 2.10. The molecule has 1 nitrogen and oxygen atoms in total. The van der Waals surface area contributed by atoms with Crippen molar-refractivity contribution in [3.05, 3.63) is 63.1 Å². The van der Waals surface area contributed by atoms with Gasteiger partial charge in [0.05, 0.1) is 0 Å². The Morgan fingerprint density at radius 1 is 1.14 bits per heavy atom. The standard InChI is InChI=1S/C17H17BrOS.C2H6/c1-4-12-5-7-13(8-6-12)17(19)14-9-11(2)16(20-3)10-15(14)18;1-2/h5-10H,4H2,1-3H3;1-2H3. The van der Waals surface area contributed by atoms with Gasteiger partial charge in [-0.1, -0.05) is 45.0 Å². The second kappa shape index (κ2) is 9.16. The molecule has 0 bridgehead atoms. The summed E-state index contributed by atoms with van der Waals surface area (Å²) in [7, 11) is 0. The minimum atomic E-state index is 0.0651. The molecule has 0 saturated carbocycles. The number of carbonyl (C=O) groups excluding carboxylic acids is 1.